The van der Waals surface area contributed by atoms with E-state index < -0.39 is 15.6 Å². The molecule has 0 N–H and O–H groups in total. The van der Waals surface area contributed by atoms with E-state index in [9.17, 15) is 13.2 Å². The molecule has 8 heteroatoms. The fourth-order valence-electron chi connectivity index (χ4n) is 4.29. The van der Waals surface area contributed by atoms with E-state index in [0.717, 1.165) is 11.1 Å². The van der Waals surface area contributed by atoms with Crippen LogP contribution in [-0.4, -0.2) is 61.9 Å². The summed E-state index contributed by atoms with van der Waals surface area (Å²) in [6.07, 6.45) is 4.19. The van der Waals surface area contributed by atoms with E-state index in [4.69, 9.17) is 4.74 Å². The van der Waals surface area contributed by atoms with Crippen LogP contribution in [0.5, 0.6) is 0 Å². The van der Waals surface area contributed by atoms with E-state index in [1.807, 2.05) is 18.2 Å². The monoisotopic (exact) mass is 401 g/mol. The van der Waals surface area contributed by atoms with Crippen LogP contribution >= 0.6 is 0 Å². The summed E-state index contributed by atoms with van der Waals surface area (Å²) in [6.45, 7) is 1.44. The first-order chi connectivity index (χ1) is 13.5. The van der Waals surface area contributed by atoms with Crippen molar-refractivity contribution in [2.24, 2.45) is 0 Å². The summed E-state index contributed by atoms with van der Waals surface area (Å²) >= 11 is 0. The van der Waals surface area contributed by atoms with Crippen LogP contribution in [0.2, 0.25) is 0 Å². The Morgan fingerprint density at radius 3 is 2.82 bits per heavy atom. The van der Waals surface area contributed by atoms with Crippen LogP contribution in [0.25, 0.3) is 0 Å². The smallest absolute Gasteiger partial charge is 0.244 e. The van der Waals surface area contributed by atoms with Gasteiger partial charge in [-0.3, -0.25) is 9.78 Å². The molecule has 2 aliphatic heterocycles. The summed E-state index contributed by atoms with van der Waals surface area (Å²) in [5.74, 6) is -0.0154. The third-order valence-electron chi connectivity index (χ3n) is 5.61. The molecule has 0 radical (unpaired) electrons. The number of sulfonamides is 1. The van der Waals surface area contributed by atoms with Gasteiger partial charge in [-0.25, -0.2) is 8.42 Å². The summed E-state index contributed by atoms with van der Waals surface area (Å²) in [4.78, 5) is 19.0. The highest BCUT2D eigenvalue weighted by molar-refractivity contribution is 7.89. The van der Waals surface area contributed by atoms with Gasteiger partial charge in [0.25, 0.3) is 0 Å². The Morgan fingerprint density at radius 2 is 2.07 bits per heavy atom. The number of amides is 1. The van der Waals surface area contributed by atoms with E-state index in [0.29, 0.717) is 31.0 Å². The van der Waals surface area contributed by atoms with E-state index in [1.165, 1.54) is 4.31 Å². The van der Waals surface area contributed by atoms with E-state index >= 15 is 0 Å². The predicted octanol–water partition coefficient (Wildman–Crippen LogP) is 1.40. The zero-order valence-corrected chi connectivity index (χ0v) is 16.6. The number of likely N-dealkylation sites (tertiary alicyclic amines) is 1. The standard InChI is InChI=1S/C20H23N3O4S/c1-27-12-11-23-20(17-6-2-3-7-18(17)28(23,25)26)8-10-22(15-20)19(24)13-16-5-4-9-21-14-16/h2-7,9,14H,8,10-13,15H2,1H3. The SMILES string of the molecule is COCCN1C2(CCN(C(=O)Cc3cccnc3)C2)c2ccccc2S1(=O)=O. The van der Waals surface area contributed by atoms with Gasteiger partial charge in [-0.05, 0) is 29.7 Å². The van der Waals surface area contributed by atoms with E-state index in [1.54, 1.807) is 42.6 Å². The van der Waals surface area contributed by atoms with Crippen LogP contribution in [0, 0.1) is 0 Å². The first-order valence-electron chi connectivity index (χ1n) is 9.27. The first-order valence-corrected chi connectivity index (χ1v) is 10.7. The molecule has 1 saturated heterocycles. The fourth-order valence-corrected chi connectivity index (χ4v) is 6.33. The van der Waals surface area contributed by atoms with Crippen LogP contribution in [0.4, 0.5) is 0 Å². The molecule has 1 aromatic heterocycles. The topological polar surface area (TPSA) is 79.8 Å². The number of methoxy groups -OCH3 is 1. The minimum absolute atomic E-state index is 0.0154. The third kappa shape index (κ3) is 3.01. The quantitative estimate of drug-likeness (QED) is 0.757. The highest BCUT2D eigenvalue weighted by Crippen LogP contribution is 2.49. The molecule has 1 fully saturated rings. The van der Waals surface area contributed by atoms with E-state index in [-0.39, 0.29) is 18.9 Å². The van der Waals surface area contributed by atoms with Crippen LogP contribution in [-0.2, 0) is 31.5 Å². The molecule has 2 aromatic rings. The van der Waals surface area contributed by atoms with Gasteiger partial charge in [0.1, 0.15) is 0 Å². The average molecular weight is 401 g/mol. The van der Waals surface area contributed by atoms with Crippen molar-refractivity contribution < 1.29 is 17.9 Å². The van der Waals surface area contributed by atoms with Gasteiger partial charge in [0.05, 0.1) is 23.5 Å². The van der Waals surface area contributed by atoms with Gasteiger partial charge in [-0.15, -0.1) is 0 Å². The molecule has 4 rings (SSSR count). The number of hydrogen-bond acceptors (Lipinski definition) is 5. The van der Waals surface area contributed by atoms with E-state index in [2.05, 4.69) is 4.98 Å². The predicted molar refractivity (Wildman–Crippen MR) is 103 cm³/mol. The Balaban J connectivity index is 1.65. The summed E-state index contributed by atoms with van der Waals surface area (Å²) in [5.41, 5.74) is 0.908. The average Bonchev–Trinajstić information content (AvgIpc) is 3.21. The second-order valence-corrected chi connectivity index (χ2v) is 9.03. The van der Waals surface area contributed by atoms with Gasteiger partial charge in [0.15, 0.2) is 0 Å². The number of fused-ring (bicyclic) bond motifs is 2. The van der Waals surface area contributed by atoms with Crippen molar-refractivity contribution in [1.29, 1.82) is 0 Å². The normalized spacial score (nSPS) is 23.2. The lowest BCUT2D eigenvalue weighted by molar-refractivity contribution is -0.129. The van der Waals surface area contributed by atoms with Crippen molar-refractivity contribution in [3.63, 3.8) is 0 Å². The molecule has 0 saturated carbocycles. The molecule has 1 amide bonds. The Hall–Kier alpha value is -2.29. The van der Waals surface area contributed by atoms with Gasteiger partial charge in [0, 0.05) is 39.1 Å². The van der Waals surface area contributed by atoms with Crippen molar-refractivity contribution in [1.82, 2.24) is 14.2 Å². The van der Waals surface area contributed by atoms with Crippen molar-refractivity contribution in [2.75, 3.05) is 33.4 Å². The molecule has 1 aromatic carbocycles. The minimum atomic E-state index is -3.61. The molecule has 1 atom stereocenters. The van der Waals surface area contributed by atoms with Crippen LogP contribution in [0.1, 0.15) is 17.5 Å². The molecule has 148 valence electrons. The molecule has 1 unspecified atom stereocenters. The molecule has 0 aliphatic carbocycles. The Bertz CT molecular complexity index is 980. The zero-order chi connectivity index (χ0) is 19.8. The molecule has 1 spiro atoms. The second kappa shape index (κ2) is 7.27. The Morgan fingerprint density at radius 1 is 1.25 bits per heavy atom. The highest BCUT2D eigenvalue weighted by Gasteiger charge is 2.57. The maximum atomic E-state index is 13.2. The maximum Gasteiger partial charge on any atom is 0.244 e. The number of ether oxygens (including phenoxy) is 1. The molecule has 3 heterocycles. The van der Waals surface area contributed by atoms with Crippen LogP contribution in [0.15, 0.2) is 53.7 Å². The number of carbonyl (C=O) groups excluding carboxylic acids is 1. The lowest BCUT2D eigenvalue weighted by Crippen LogP contribution is -2.48. The third-order valence-corrected chi connectivity index (χ3v) is 7.64. The van der Waals surface area contributed by atoms with Gasteiger partial charge in [0.2, 0.25) is 15.9 Å². The number of carbonyl (C=O) groups is 1. The second-order valence-electron chi connectivity index (χ2n) is 7.20. The first kappa shape index (κ1) is 19.0. The summed E-state index contributed by atoms with van der Waals surface area (Å²) in [7, 11) is -2.06. The highest BCUT2D eigenvalue weighted by atomic mass is 32.2. The molecular formula is C20H23N3O4S. The molecule has 28 heavy (non-hydrogen) atoms. The fraction of sp³-hybridized carbons (Fsp3) is 0.400. The molecule has 2 aliphatic rings. The van der Waals surface area contributed by atoms with Crippen molar-refractivity contribution in [2.45, 2.75) is 23.3 Å². The van der Waals surface area contributed by atoms with Gasteiger partial charge >= 0.3 is 0 Å². The number of nitrogens with zero attached hydrogens (tertiary/aromatic N) is 3. The summed E-state index contributed by atoms with van der Waals surface area (Å²) in [5, 5.41) is 0. The van der Waals surface area contributed by atoms with Gasteiger partial charge in [-0.2, -0.15) is 4.31 Å². The minimum Gasteiger partial charge on any atom is -0.383 e. The molecular weight excluding hydrogens is 378 g/mol. The molecule has 0 bridgehead atoms. The number of pyridine rings is 1. The maximum absolute atomic E-state index is 13.2. The Kier molecular flexibility index (Phi) is 4.95. The van der Waals surface area contributed by atoms with Gasteiger partial charge in [-0.1, -0.05) is 24.3 Å². The number of aromatic nitrogens is 1. The van der Waals surface area contributed by atoms with Crippen molar-refractivity contribution in [3.8, 4) is 0 Å². The van der Waals surface area contributed by atoms with Crippen molar-refractivity contribution >= 4 is 15.9 Å². The summed E-state index contributed by atoms with van der Waals surface area (Å²) in [6, 6.07) is 10.8. The lowest BCUT2D eigenvalue weighted by Gasteiger charge is -2.33. The van der Waals surface area contributed by atoms with Crippen LogP contribution < -0.4 is 0 Å². The largest absolute Gasteiger partial charge is 0.383 e. The lowest BCUT2D eigenvalue weighted by atomic mass is 9.89. The summed E-state index contributed by atoms with van der Waals surface area (Å²) < 4.78 is 33.0. The number of rotatable bonds is 5. The zero-order valence-electron chi connectivity index (χ0n) is 15.7. The molecule has 7 nitrogen and oxygen atoms in total. The van der Waals surface area contributed by atoms with Gasteiger partial charge < -0.3 is 9.64 Å². The van der Waals surface area contributed by atoms with Crippen LogP contribution in [0.3, 0.4) is 0 Å². The Labute approximate surface area is 165 Å². The van der Waals surface area contributed by atoms with Crippen molar-refractivity contribution in [3.05, 3.63) is 59.9 Å². The number of benzene rings is 1. The number of hydrogen-bond donors (Lipinski definition) is 0.